The number of nitrogens with two attached hydrogens (primary N) is 1. The van der Waals surface area contributed by atoms with Crippen molar-refractivity contribution >= 4 is 11.5 Å². The first-order chi connectivity index (χ1) is 14.2. The number of nitrogens with zero attached hydrogens (tertiary/aromatic N) is 2. The van der Waals surface area contributed by atoms with Gasteiger partial charge in [0.2, 0.25) is 0 Å². The van der Waals surface area contributed by atoms with Gasteiger partial charge in [-0.2, -0.15) is 4.98 Å². The van der Waals surface area contributed by atoms with Crippen molar-refractivity contribution in [3.05, 3.63) is 70.8 Å². The topological polar surface area (TPSA) is 84.5 Å². The van der Waals surface area contributed by atoms with E-state index in [0.717, 1.165) is 11.3 Å². The maximum Gasteiger partial charge on any atom is 0.259 e. The van der Waals surface area contributed by atoms with Crippen molar-refractivity contribution in [2.75, 3.05) is 19.0 Å². The van der Waals surface area contributed by atoms with E-state index >= 15 is 0 Å². The van der Waals surface area contributed by atoms with E-state index in [1.807, 2.05) is 38.1 Å². The van der Waals surface area contributed by atoms with Crippen molar-refractivity contribution in [3.8, 4) is 23.3 Å². The van der Waals surface area contributed by atoms with Crippen LogP contribution in [0.4, 0.5) is 14.5 Å². The Bertz CT molecular complexity index is 1120. The molecule has 0 bridgehead atoms. The number of ether oxygens (including phenoxy) is 2. The van der Waals surface area contributed by atoms with Crippen LogP contribution in [0.25, 0.3) is 0 Å². The second kappa shape index (κ2) is 8.36. The van der Waals surface area contributed by atoms with Crippen LogP contribution in [0.5, 0.6) is 23.3 Å². The summed E-state index contributed by atoms with van der Waals surface area (Å²) in [6, 6.07) is 11.7. The zero-order valence-corrected chi connectivity index (χ0v) is 17.1. The molecule has 8 heteroatoms. The van der Waals surface area contributed by atoms with E-state index in [-0.39, 0.29) is 17.1 Å². The first-order valence-electron chi connectivity index (χ1n) is 9.11. The lowest BCUT2D eigenvalue weighted by Gasteiger charge is -2.17. The summed E-state index contributed by atoms with van der Waals surface area (Å²) >= 11 is 0. The summed E-state index contributed by atoms with van der Waals surface area (Å²) in [5.41, 5.74) is 7.21. The van der Waals surface area contributed by atoms with Gasteiger partial charge in [-0.25, -0.2) is 8.78 Å². The molecule has 0 unspecified atom stereocenters. The Labute approximate surface area is 173 Å². The van der Waals surface area contributed by atoms with Gasteiger partial charge < -0.3 is 20.1 Å². The van der Waals surface area contributed by atoms with Crippen LogP contribution in [0.2, 0.25) is 0 Å². The van der Waals surface area contributed by atoms with Crippen LogP contribution in [-0.2, 0) is 0 Å². The van der Waals surface area contributed by atoms with Gasteiger partial charge in [0.1, 0.15) is 17.3 Å². The fourth-order valence-corrected chi connectivity index (χ4v) is 2.66. The summed E-state index contributed by atoms with van der Waals surface area (Å²) in [6.45, 7) is 3.09. The first kappa shape index (κ1) is 21.0. The molecule has 0 spiro atoms. The fraction of sp³-hybridized carbons (Fsp3) is 0.182. The summed E-state index contributed by atoms with van der Waals surface area (Å²) in [5.74, 6) is -2.25. The quantitative estimate of drug-likeness (QED) is 0.444. The monoisotopic (exact) mass is 412 g/mol. The molecule has 1 heterocycles. The van der Waals surface area contributed by atoms with Crippen molar-refractivity contribution < 1.29 is 18.3 Å². The molecule has 2 aromatic carbocycles. The molecule has 0 saturated carbocycles. The van der Waals surface area contributed by atoms with Gasteiger partial charge in [-0.3, -0.25) is 5.41 Å². The number of halogens is 2. The molecular formula is C22H22F2N4O2. The number of anilines is 1. The molecule has 0 aliphatic heterocycles. The predicted molar refractivity (Wildman–Crippen MR) is 112 cm³/mol. The Morgan fingerprint density at radius 3 is 2.30 bits per heavy atom. The Morgan fingerprint density at radius 1 is 1.00 bits per heavy atom. The lowest BCUT2D eigenvalue weighted by molar-refractivity contribution is 0.372. The van der Waals surface area contributed by atoms with Crippen LogP contribution >= 0.6 is 0 Å². The second-order valence-electron chi connectivity index (χ2n) is 6.96. The Balaban J connectivity index is 2.00. The summed E-state index contributed by atoms with van der Waals surface area (Å²) in [7, 11) is 3.74. The van der Waals surface area contributed by atoms with Gasteiger partial charge in [0, 0.05) is 37.0 Å². The number of pyridine rings is 1. The summed E-state index contributed by atoms with van der Waals surface area (Å²) in [6.07, 6.45) is 0. The Kier molecular flexibility index (Phi) is 5.86. The van der Waals surface area contributed by atoms with Gasteiger partial charge in [-0.05, 0) is 37.6 Å². The van der Waals surface area contributed by atoms with Crippen molar-refractivity contribution in [3.63, 3.8) is 0 Å². The lowest BCUT2D eigenvalue weighted by Crippen LogP contribution is -2.10. The van der Waals surface area contributed by atoms with Crippen LogP contribution in [0, 0.1) is 30.9 Å². The minimum atomic E-state index is -0.938. The average molecular weight is 412 g/mol. The third-order valence-electron chi connectivity index (χ3n) is 4.49. The molecule has 1 aromatic heterocycles. The summed E-state index contributed by atoms with van der Waals surface area (Å²) in [5, 5.41) is 7.50. The zero-order chi connectivity index (χ0) is 22.0. The SMILES string of the molecule is Cc1ccc(N(C)C)cc1Oc1nc(Oc2cccc(C(=N)N)c2)c(F)c(C)c1F. The van der Waals surface area contributed by atoms with E-state index in [2.05, 4.69) is 4.98 Å². The third kappa shape index (κ3) is 4.32. The minimum Gasteiger partial charge on any atom is -0.436 e. The number of amidine groups is 1. The largest absolute Gasteiger partial charge is 0.436 e. The van der Waals surface area contributed by atoms with Gasteiger partial charge >= 0.3 is 0 Å². The van der Waals surface area contributed by atoms with E-state index < -0.39 is 23.4 Å². The molecule has 0 fully saturated rings. The summed E-state index contributed by atoms with van der Waals surface area (Å²) < 4.78 is 40.5. The van der Waals surface area contributed by atoms with E-state index in [4.69, 9.17) is 20.6 Å². The molecular weight excluding hydrogens is 390 g/mol. The highest BCUT2D eigenvalue weighted by molar-refractivity contribution is 5.95. The number of nitrogens with one attached hydrogen (secondary N) is 1. The summed E-state index contributed by atoms with van der Waals surface area (Å²) in [4.78, 5) is 5.80. The smallest absolute Gasteiger partial charge is 0.259 e. The number of hydrogen-bond donors (Lipinski definition) is 2. The molecule has 0 aliphatic rings. The fourth-order valence-electron chi connectivity index (χ4n) is 2.66. The maximum atomic E-state index is 14.7. The molecule has 0 atom stereocenters. The zero-order valence-electron chi connectivity index (χ0n) is 17.1. The van der Waals surface area contributed by atoms with E-state index in [1.165, 1.54) is 13.0 Å². The third-order valence-corrected chi connectivity index (χ3v) is 4.49. The lowest BCUT2D eigenvalue weighted by atomic mass is 10.2. The van der Waals surface area contributed by atoms with Gasteiger partial charge in [0.05, 0.1) is 0 Å². The highest BCUT2D eigenvalue weighted by Crippen LogP contribution is 2.34. The predicted octanol–water partition coefficient (Wildman–Crippen LogP) is 4.91. The number of nitrogen functional groups attached to an aromatic ring is 1. The standard InChI is InChI=1S/C22H22F2N4O2/c1-12-8-9-15(28(3)4)11-17(12)30-22-19(24)13(2)18(23)21(27-22)29-16-7-5-6-14(10-16)20(25)26/h5-11H,1-4H3,(H3,25,26). The molecule has 3 N–H and O–H groups in total. The van der Waals surface area contributed by atoms with Crippen LogP contribution in [0.3, 0.4) is 0 Å². The molecule has 3 rings (SSSR count). The molecule has 0 amide bonds. The van der Waals surface area contributed by atoms with Crippen molar-refractivity contribution in [1.82, 2.24) is 4.98 Å². The second-order valence-corrected chi connectivity index (χ2v) is 6.96. The number of hydrogen-bond acceptors (Lipinski definition) is 5. The molecule has 0 radical (unpaired) electrons. The van der Waals surface area contributed by atoms with Gasteiger partial charge in [-0.15, -0.1) is 0 Å². The van der Waals surface area contributed by atoms with Crippen molar-refractivity contribution in [2.45, 2.75) is 13.8 Å². The number of rotatable bonds is 6. The van der Waals surface area contributed by atoms with Crippen molar-refractivity contribution in [1.29, 1.82) is 5.41 Å². The number of benzene rings is 2. The average Bonchev–Trinajstić information content (AvgIpc) is 2.71. The van der Waals surface area contributed by atoms with Crippen LogP contribution in [-0.4, -0.2) is 24.9 Å². The highest BCUT2D eigenvalue weighted by atomic mass is 19.1. The first-order valence-corrected chi connectivity index (χ1v) is 9.11. The molecule has 30 heavy (non-hydrogen) atoms. The van der Waals surface area contributed by atoms with Crippen LogP contribution in [0.15, 0.2) is 42.5 Å². The molecule has 156 valence electrons. The van der Waals surface area contributed by atoms with Gasteiger partial charge in [0.25, 0.3) is 11.8 Å². The van der Waals surface area contributed by atoms with Crippen molar-refractivity contribution in [2.24, 2.45) is 5.73 Å². The molecule has 0 saturated heterocycles. The normalized spacial score (nSPS) is 10.6. The molecule has 6 nitrogen and oxygen atoms in total. The van der Waals surface area contributed by atoms with E-state index in [9.17, 15) is 8.78 Å². The molecule has 0 aliphatic carbocycles. The Hall–Kier alpha value is -3.68. The van der Waals surface area contributed by atoms with Gasteiger partial charge in [0.15, 0.2) is 11.6 Å². The highest BCUT2D eigenvalue weighted by Gasteiger charge is 2.21. The van der Waals surface area contributed by atoms with E-state index in [1.54, 1.807) is 24.3 Å². The maximum absolute atomic E-state index is 14.7. The number of aromatic nitrogens is 1. The molecule has 3 aromatic rings. The number of aryl methyl sites for hydroxylation is 1. The Morgan fingerprint density at radius 2 is 1.67 bits per heavy atom. The van der Waals surface area contributed by atoms with Crippen LogP contribution in [0.1, 0.15) is 16.7 Å². The minimum absolute atomic E-state index is 0.163. The van der Waals surface area contributed by atoms with E-state index in [0.29, 0.717) is 11.3 Å². The van der Waals surface area contributed by atoms with Crippen LogP contribution < -0.4 is 20.1 Å². The van der Waals surface area contributed by atoms with Gasteiger partial charge in [-0.1, -0.05) is 18.2 Å².